The van der Waals surface area contributed by atoms with Gasteiger partial charge in [0.25, 0.3) is 5.43 Å². The predicted octanol–water partition coefficient (Wildman–Crippen LogP) is 4.20. The summed E-state index contributed by atoms with van der Waals surface area (Å²) in [5.41, 5.74) is 3.09. The lowest BCUT2D eigenvalue weighted by Crippen LogP contribution is -2.23. The number of carbonyl (C=O) groups excluding carboxylic acids is 1. The van der Waals surface area contributed by atoms with Crippen LogP contribution in [0, 0.1) is 0 Å². The summed E-state index contributed by atoms with van der Waals surface area (Å²) in [6.45, 7) is 8.07. The Labute approximate surface area is 200 Å². The molecule has 174 valence electrons. The van der Waals surface area contributed by atoms with Crippen LogP contribution in [-0.2, 0) is 19.3 Å². The summed E-state index contributed by atoms with van der Waals surface area (Å²) < 4.78 is 0. The van der Waals surface area contributed by atoms with Gasteiger partial charge in [-0.1, -0.05) is 45.4 Å². The van der Waals surface area contributed by atoms with Crippen molar-refractivity contribution in [2.75, 3.05) is 0 Å². The molecule has 0 amide bonds. The van der Waals surface area contributed by atoms with Crippen LogP contribution in [0.2, 0.25) is 0 Å². The van der Waals surface area contributed by atoms with E-state index in [2.05, 4.69) is 18.0 Å². The van der Waals surface area contributed by atoms with Crippen LogP contribution >= 0.6 is 0 Å². The third-order valence-corrected chi connectivity index (χ3v) is 7.90. The number of ketones is 1. The molecule has 0 aliphatic heterocycles. The number of nitrogens with zero attached hydrogens (tertiary/aromatic N) is 1. The van der Waals surface area contributed by atoms with Gasteiger partial charge in [-0.15, -0.1) is 0 Å². The Hall–Kier alpha value is -3.73. The minimum atomic E-state index is -0.768. The van der Waals surface area contributed by atoms with Gasteiger partial charge in [0.05, 0.1) is 10.9 Å². The molecule has 1 heterocycles. The van der Waals surface area contributed by atoms with E-state index in [1.165, 1.54) is 0 Å². The number of benzene rings is 4. The lowest BCUT2D eigenvalue weighted by Gasteiger charge is -2.23. The van der Waals surface area contributed by atoms with Gasteiger partial charge in [-0.2, -0.15) is 0 Å². The van der Waals surface area contributed by atoms with Crippen LogP contribution < -0.4 is 21.6 Å². The fraction of sp³-hybridized carbons (Fsp3) is 0.300. The number of carbonyl (C=O) groups is 1. The summed E-state index contributed by atoms with van der Waals surface area (Å²) in [7, 11) is 0. The van der Waals surface area contributed by atoms with Gasteiger partial charge in [0, 0.05) is 33.5 Å². The van der Waals surface area contributed by atoms with Gasteiger partial charge in [-0.3, -0.25) is 19.2 Å². The van der Waals surface area contributed by atoms with Crippen LogP contribution in [0.15, 0.2) is 32.6 Å². The van der Waals surface area contributed by atoms with E-state index in [1.807, 2.05) is 26.8 Å². The van der Waals surface area contributed by atoms with Gasteiger partial charge in [0.2, 0.25) is 0 Å². The molecule has 5 aromatic rings. The van der Waals surface area contributed by atoms with E-state index in [0.29, 0.717) is 45.5 Å². The third-order valence-electron chi connectivity index (χ3n) is 7.90. The van der Waals surface area contributed by atoms with Crippen LogP contribution in [0.5, 0.6) is 0 Å². The highest BCUT2D eigenvalue weighted by atomic mass is 16.2. The molecule has 4 aromatic carbocycles. The maximum atomic E-state index is 13.7. The molecule has 5 heteroatoms. The highest BCUT2D eigenvalue weighted by molar-refractivity contribution is 6.37. The van der Waals surface area contributed by atoms with Crippen LogP contribution in [0.4, 0.5) is 0 Å². The zero-order valence-corrected chi connectivity index (χ0v) is 20.3. The zero-order valence-electron chi connectivity index (χ0n) is 20.3. The molecule has 0 bridgehead atoms. The topological polar surface area (TPSA) is 81.2 Å². The van der Waals surface area contributed by atoms with E-state index in [-0.39, 0.29) is 17.6 Å². The van der Waals surface area contributed by atoms with E-state index >= 15 is 0 Å². The van der Waals surface area contributed by atoms with Gasteiger partial charge in [-0.05, 0) is 64.4 Å². The highest BCUT2D eigenvalue weighted by Gasteiger charge is 2.30. The first-order valence-electron chi connectivity index (χ1n) is 12.4. The summed E-state index contributed by atoms with van der Waals surface area (Å²) in [5, 5.41) is 5.29. The van der Waals surface area contributed by atoms with Crippen LogP contribution in [0.25, 0.3) is 48.8 Å². The fourth-order valence-corrected chi connectivity index (χ4v) is 6.31. The average molecular weight is 464 g/mol. The van der Waals surface area contributed by atoms with Gasteiger partial charge >= 0.3 is 5.56 Å². The lowest BCUT2D eigenvalue weighted by atomic mass is 9.78. The van der Waals surface area contributed by atoms with Crippen molar-refractivity contribution in [2.24, 2.45) is 0 Å². The van der Waals surface area contributed by atoms with E-state index in [1.54, 1.807) is 6.07 Å². The van der Waals surface area contributed by atoms with Gasteiger partial charge in [0.1, 0.15) is 0 Å². The molecule has 0 spiro atoms. The van der Waals surface area contributed by atoms with Crippen molar-refractivity contribution in [2.45, 2.75) is 59.8 Å². The van der Waals surface area contributed by atoms with E-state index in [9.17, 15) is 19.2 Å². The number of hydrogen-bond donors (Lipinski definition) is 0. The quantitative estimate of drug-likeness (QED) is 0.227. The highest BCUT2D eigenvalue weighted by Crippen LogP contribution is 2.43. The Morgan fingerprint density at radius 3 is 2.17 bits per heavy atom. The number of aromatic nitrogens is 1. The molecular weight excluding hydrogens is 438 g/mol. The molecule has 0 saturated carbocycles. The number of aryl methyl sites for hydroxylation is 3. The number of hydrogen-bond acceptors (Lipinski definition) is 5. The molecule has 1 aliphatic carbocycles. The number of Topliss-reactive ketones (excluding diaryl/α,β-unsaturated/α-hetero) is 1. The third kappa shape index (κ3) is 2.61. The minimum Gasteiger partial charge on any atom is -0.294 e. The Morgan fingerprint density at radius 1 is 0.743 bits per heavy atom. The van der Waals surface area contributed by atoms with Crippen LogP contribution in [0.3, 0.4) is 0 Å². The first-order valence-corrected chi connectivity index (χ1v) is 12.4. The van der Waals surface area contributed by atoms with Crippen molar-refractivity contribution < 1.29 is 4.79 Å². The Morgan fingerprint density at radius 2 is 1.51 bits per heavy atom. The summed E-state index contributed by atoms with van der Waals surface area (Å²) in [6, 6.07) is 5.79. The maximum Gasteiger partial charge on any atom is 0.318 e. The minimum absolute atomic E-state index is 0.0567. The van der Waals surface area contributed by atoms with Crippen molar-refractivity contribution in [1.82, 2.24) is 4.98 Å². The SMILES string of the molecule is CCC1=c2cc(CC)cc3c2c(c2c(=O)cc(CC)c4c(CC)c5nc(=O)c(=O)c5c3c42)C(=O)C1. The normalized spacial score (nSPS) is 13.8. The first kappa shape index (κ1) is 21.8. The fourth-order valence-electron chi connectivity index (χ4n) is 6.31. The monoisotopic (exact) mass is 463 g/mol. The zero-order chi connectivity index (χ0) is 24.8. The molecule has 5 nitrogen and oxygen atoms in total. The molecule has 35 heavy (non-hydrogen) atoms. The van der Waals surface area contributed by atoms with Crippen molar-refractivity contribution in [1.29, 1.82) is 0 Å². The van der Waals surface area contributed by atoms with Gasteiger partial charge in [-0.25, -0.2) is 4.98 Å². The Balaban J connectivity index is 2.17. The predicted molar refractivity (Wildman–Crippen MR) is 141 cm³/mol. The summed E-state index contributed by atoms with van der Waals surface area (Å²) in [6.07, 6.45) is 2.96. The molecule has 1 aromatic heterocycles. The second kappa shape index (κ2) is 7.38. The molecule has 0 unspecified atom stereocenters. The number of rotatable bonds is 4. The molecular formula is C30H25NO4. The van der Waals surface area contributed by atoms with Crippen molar-refractivity contribution >= 4 is 54.6 Å². The standard InChI is InChI=1S/C30H25NO4/c1-5-13-9-17-14(6-2)11-19(32)24-22(17)18(10-13)23-26-21(15(7-3)12-20(33)25(24)26)16(8-4)28-27(23)29(34)30(35)31-28/h9-10,12H,5-8,11H2,1-4H3. The van der Waals surface area contributed by atoms with Crippen LogP contribution in [0.1, 0.15) is 67.6 Å². The van der Waals surface area contributed by atoms with E-state index in [4.69, 9.17) is 0 Å². The maximum absolute atomic E-state index is 13.7. The van der Waals surface area contributed by atoms with E-state index in [0.717, 1.165) is 56.5 Å². The number of fused-ring (bicyclic) bond motifs is 4. The first-order chi connectivity index (χ1) is 16.9. The molecule has 6 rings (SSSR count). The van der Waals surface area contributed by atoms with Crippen molar-refractivity contribution in [3.8, 4) is 0 Å². The smallest absolute Gasteiger partial charge is 0.294 e. The second-order valence-electron chi connectivity index (χ2n) is 9.54. The molecule has 0 radical (unpaired) electrons. The van der Waals surface area contributed by atoms with Crippen LogP contribution in [-0.4, -0.2) is 10.8 Å². The molecule has 0 saturated heterocycles. The summed E-state index contributed by atoms with van der Waals surface area (Å²) in [4.78, 5) is 57.4. The van der Waals surface area contributed by atoms with E-state index < -0.39 is 11.0 Å². The Bertz CT molecular complexity index is 1990. The summed E-state index contributed by atoms with van der Waals surface area (Å²) >= 11 is 0. The molecule has 0 N–H and O–H groups in total. The largest absolute Gasteiger partial charge is 0.318 e. The second-order valence-corrected chi connectivity index (χ2v) is 9.54. The molecule has 0 atom stereocenters. The van der Waals surface area contributed by atoms with Crippen molar-refractivity contribution in [3.63, 3.8) is 0 Å². The summed E-state index contributed by atoms with van der Waals surface area (Å²) in [5.74, 6) is -0.0567. The van der Waals surface area contributed by atoms with Crippen molar-refractivity contribution in [3.05, 3.63) is 76.5 Å². The molecule has 1 aliphatic rings. The average Bonchev–Trinajstić information content (AvgIpc) is 3.16. The van der Waals surface area contributed by atoms with Gasteiger partial charge in [0.15, 0.2) is 11.2 Å². The van der Waals surface area contributed by atoms with Gasteiger partial charge < -0.3 is 0 Å². The molecule has 0 fully saturated rings. The lowest BCUT2D eigenvalue weighted by molar-refractivity contribution is 0.0999. The Kier molecular flexibility index (Phi) is 4.59.